The van der Waals surface area contributed by atoms with E-state index in [-0.39, 0.29) is 12.5 Å². The Bertz CT molecular complexity index is 496. The third-order valence-corrected chi connectivity index (χ3v) is 2.79. The van der Waals surface area contributed by atoms with Crippen molar-refractivity contribution in [2.24, 2.45) is 10.7 Å². The maximum absolute atomic E-state index is 11.7. The highest BCUT2D eigenvalue weighted by Gasteiger charge is 2.09. The van der Waals surface area contributed by atoms with Gasteiger partial charge in [-0.1, -0.05) is 0 Å². The molecule has 19 heavy (non-hydrogen) atoms. The molecule has 0 fully saturated rings. The summed E-state index contributed by atoms with van der Waals surface area (Å²) in [6.45, 7) is 1.64. The fraction of sp³-hybridized carbons (Fsp3) is 0.308. The van der Waals surface area contributed by atoms with Gasteiger partial charge in [0.15, 0.2) is 0 Å². The maximum Gasteiger partial charge on any atom is 0.251 e. The van der Waals surface area contributed by atoms with Crippen LogP contribution in [-0.4, -0.2) is 37.8 Å². The highest BCUT2D eigenvalue weighted by atomic mass is 16.2. The van der Waals surface area contributed by atoms with E-state index < -0.39 is 5.91 Å². The van der Waals surface area contributed by atoms with Gasteiger partial charge in [0.1, 0.15) is 0 Å². The first-order chi connectivity index (χ1) is 9.16. The number of aliphatic imine (C=N–C) groups is 1. The second-order valence-electron chi connectivity index (χ2n) is 4.26. The molecule has 0 saturated carbocycles. The molecule has 0 saturated heterocycles. The number of nitrogens with one attached hydrogen (secondary N) is 1. The highest BCUT2D eigenvalue weighted by Crippen LogP contribution is 2.16. The molecule has 0 spiro atoms. The minimum absolute atomic E-state index is 0.153. The van der Waals surface area contributed by atoms with Crippen LogP contribution in [0.15, 0.2) is 29.3 Å². The van der Waals surface area contributed by atoms with Crippen LogP contribution in [0.3, 0.4) is 0 Å². The van der Waals surface area contributed by atoms with E-state index in [1.807, 2.05) is 23.4 Å². The summed E-state index contributed by atoms with van der Waals surface area (Å²) in [7, 11) is 0. The van der Waals surface area contributed by atoms with Crippen LogP contribution in [0.1, 0.15) is 16.8 Å². The molecular formula is C13H16N4O2. The predicted octanol–water partition coefficient (Wildman–Crippen LogP) is 0.140. The van der Waals surface area contributed by atoms with Crippen molar-refractivity contribution in [3.63, 3.8) is 0 Å². The number of hydrogen-bond acceptors (Lipinski definition) is 4. The number of nitrogens with two attached hydrogens (primary N) is 1. The Hall–Kier alpha value is -2.37. The zero-order valence-electron chi connectivity index (χ0n) is 10.5. The van der Waals surface area contributed by atoms with Crippen molar-refractivity contribution in [3.8, 4) is 0 Å². The van der Waals surface area contributed by atoms with Gasteiger partial charge < -0.3 is 16.0 Å². The minimum atomic E-state index is -0.561. The Labute approximate surface area is 111 Å². The van der Waals surface area contributed by atoms with Gasteiger partial charge in [-0.2, -0.15) is 0 Å². The zero-order chi connectivity index (χ0) is 13.7. The van der Waals surface area contributed by atoms with E-state index in [2.05, 4.69) is 10.3 Å². The first-order valence-electron chi connectivity index (χ1n) is 6.10. The second kappa shape index (κ2) is 5.99. The standard InChI is InChI=1S/C13H16N4O2/c14-12(18)8-16-13(19)10-2-4-11(5-3-10)17-7-1-6-15-9-17/h2-5,9H,1,6-8H2,(H2,14,18)(H,16,19). The van der Waals surface area contributed by atoms with Crippen molar-refractivity contribution in [1.82, 2.24) is 5.32 Å². The Balaban J connectivity index is 2.01. The second-order valence-corrected chi connectivity index (χ2v) is 4.26. The Morgan fingerprint density at radius 2 is 2.05 bits per heavy atom. The van der Waals surface area contributed by atoms with E-state index in [1.54, 1.807) is 12.1 Å². The topological polar surface area (TPSA) is 87.8 Å². The third-order valence-electron chi connectivity index (χ3n) is 2.79. The number of benzene rings is 1. The number of anilines is 1. The number of hydrogen-bond donors (Lipinski definition) is 2. The molecule has 2 amide bonds. The summed E-state index contributed by atoms with van der Waals surface area (Å²) < 4.78 is 0. The van der Waals surface area contributed by atoms with Gasteiger partial charge in [0.05, 0.1) is 12.9 Å². The lowest BCUT2D eigenvalue weighted by Gasteiger charge is -2.22. The summed E-state index contributed by atoms with van der Waals surface area (Å²) in [6, 6.07) is 7.15. The van der Waals surface area contributed by atoms with Gasteiger partial charge in [-0.3, -0.25) is 14.6 Å². The highest BCUT2D eigenvalue weighted by molar-refractivity contribution is 5.96. The molecule has 3 N–H and O–H groups in total. The average molecular weight is 260 g/mol. The maximum atomic E-state index is 11.7. The van der Waals surface area contributed by atoms with Crippen LogP contribution in [-0.2, 0) is 4.79 Å². The van der Waals surface area contributed by atoms with Crippen LogP contribution in [0.5, 0.6) is 0 Å². The number of nitrogens with zero attached hydrogens (tertiary/aromatic N) is 2. The molecule has 1 heterocycles. The van der Waals surface area contributed by atoms with Crippen molar-refractivity contribution < 1.29 is 9.59 Å². The molecule has 100 valence electrons. The zero-order valence-corrected chi connectivity index (χ0v) is 10.5. The lowest BCUT2D eigenvalue weighted by atomic mass is 10.1. The van der Waals surface area contributed by atoms with Crippen molar-refractivity contribution in [2.45, 2.75) is 6.42 Å². The minimum Gasteiger partial charge on any atom is -0.368 e. The summed E-state index contributed by atoms with van der Waals surface area (Å²) in [4.78, 5) is 28.5. The Morgan fingerprint density at radius 1 is 1.32 bits per heavy atom. The van der Waals surface area contributed by atoms with Crippen LogP contribution >= 0.6 is 0 Å². The molecule has 0 radical (unpaired) electrons. The van der Waals surface area contributed by atoms with E-state index in [0.29, 0.717) is 5.56 Å². The summed E-state index contributed by atoms with van der Waals surface area (Å²) in [5, 5.41) is 2.44. The SMILES string of the molecule is NC(=O)CNC(=O)c1ccc(N2C=NCCC2)cc1. The van der Waals surface area contributed by atoms with Crippen molar-refractivity contribution >= 4 is 23.8 Å². The first kappa shape index (κ1) is 13.1. The summed E-state index contributed by atoms with van der Waals surface area (Å²) >= 11 is 0. The Kier molecular flexibility index (Phi) is 4.12. The van der Waals surface area contributed by atoms with E-state index >= 15 is 0 Å². The number of primary amides is 1. The molecule has 6 nitrogen and oxygen atoms in total. The van der Waals surface area contributed by atoms with Gasteiger partial charge in [0, 0.05) is 24.3 Å². The average Bonchev–Trinajstić information content (AvgIpc) is 2.46. The fourth-order valence-corrected chi connectivity index (χ4v) is 1.82. The van der Waals surface area contributed by atoms with Gasteiger partial charge in [0.2, 0.25) is 5.91 Å². The van der Waals surface area contributed by atoms with Gasteiger partial charge in [-0.15, -0.1) is 0 Å². The van der Waals surface area contributed by atoms with Gasteiger partial charge in [-0.05, 0) is 30.7 Å². The summed E-state index contributed by atoms with van der Waals surface area (Å²) in [5.41, 5.74) is 6.46. The van der Waals surface area contributed by atoms with E-state index in [1.165, 1.54) is 0 Å². The van der Waals surface area contributed by atoms with Gasteiger partial charge >= 0.3 is 0 Å². The van der Waals surface area contributed by atoms with Crippen molar-refractivity contribution in [3.05, 3.63) is 29.8 Å². The lowest BCUT2D eigenvalue weighted by molar-refractivity contribution is -0.117. The van der Waals surface area contributed by atoms with Crippen LogP contribution in [0.25, 0.3) is 0 Å². The summed E-state index contributed by atoms with van der Waals surface area (Å²) in [5.74, 6) is -0.868. The predicted molar refractivity (Wildman–Crippen MR) is 73.3 cm³/mol. The summed E-state index contributed by atoms with van der Waals surface area (Å²) in [6.07, 6.45) is 2.84. The van der Waals surface area contributed by atoms with Gasteiger partial charge in [0.25, 0.3) is 5.91 Å². The van der Waals surface area contributed by atoms with Gasteiger partial charge in [-0.25, -0.2) is 0 Å². The lowest BCUT2D eigenvalue weighted by Crippen LogP contribution is -2.33. The molecule has 1 aliphatic rings. The van der Waals surface area contributed by atoms with E-state index in [9.17, 15) is 9.59 Å². The Morgan fingerprint density at radius 3 is 2.63 bits per heavy atom. The monoisotopic (exact) mass is 260 g/mol. The molecule has 0 atom stereocenters. The molecule has 1 aliphatic heterocycles. The number of rotatable bonds is 4. The smallest absolute Gasteiger partial charge is 0.251 e. The molecule has 0 unspecified atom stereocenters. The molecule has 1 aromatic carbocycles. The molecule has 0 aliphatic carbocycles. The molecule has 6 heteroatoms. The van der Waals surface area contributed by atoms with Crippen LogP contribution < -0.4 is 16.0 Å². The van der Waals surface area contributed by atoms with Crippen molar-refractivity contribution in [1.29, 1.82) is 0 Å². The van der Waals surface area contributed by atoms with Crippen molar-refractivity contribution in [2.75, 3.05) is 24.5 Å². The molecule has 0 aromatic heterocycles. The number of amides is 2. The molecule has 1 aromatic rings. The van der Waals surface area contributed by atoms with Crippen LogP contribution in [0.2, 0.25) is 0 Å². The number of carbonyl (C=O) groups excluding carboxylic acids is 2. The molecule has 0 bridgehead atoms. The fourth-order valence-electron chi connectivity index (χ4n) is 1.82. The van der Waals surface area contributed by atoms with E-state index in [4.69, 9.17) is 5.73 Å². The number of carbonyl (C=O) groups is 2. The third kappa shape index (κ3) is 3.54. The largest absolute Gasteiger partial charge is 0.368 e. The van der Waals surface area contributed by atoms with Crippen LogP contribution in [0.4, 0.5) is 5.69 Å². The molecule has 2 rings (SSSR count). The molecular weight excluding hydrogens is 244 g/mol. The van der Waals surface area contributed by atoms with E-state index in [0.717, 1.165) is 25.2 Å². The van der Waals surface area contributed by atoms with Crippen LogP contribution in [0, 0.1) is 0 Å². The normalized spacial score (nSPS) is 14.2. The quantitative estimate of drug-likeness (QED) is 0.807. The first-order valence-corrected chi connectivity index (χ1v) is 6.10.